The van der Waals surface area contributed by atoms with Gasteiger partial charge in [0.1, 0.15) is 0 Å². The number of carbonyl (C=O) groups excluding carboxylic acids is 1. The van der Waals surface area contributed by atoms with Gasteiger partial charge in [0.05, 0.1) is 5.92 Å². The number of amides is 1. The third kappa shape index (κ3) is 4.20. The molecular weight excluding hydrogens is 244 g/mol. The second-order valence-electron chi connectivity index (χ2n) is 5.67. The SMILES string of the molecule is O=C(O)C1CCCN(CCC(=O)N2CCCCC2)C1. The number of aliphatic carboxylic acids is 1. The Morgan fingerprint density at radius 1 is 1.05 bits per heavy atom. The summed E-state index contributed by atoms with van der Waals surface area (Å²) in [5.74, 6) is -0.719. The summed E-state index contributed by atoms with van der Waals surface area (Å²) < 4.78 is 0. The van der Waals surface area contributed by atoms with Crippen LogP contribution in [0.1, 0.15) is 38.5 Å². The van der Waals surface area contributed by atoms with Crippen LogP contribution in [0.2, 0.25) is 0 Å². The van der Waals surface area contributed by atoms with Gasteiger partial charge in [-0.2, -0.15) is 0 Å². The van der Waals surface area contributed by atoms with Crippen LogP contribution >= 0.6 is 0 Å². The Bertz CT molecular complexity index is 327. The summed E-state index contributed by atoms with van der Waals surface area (Å²) >= 11 is 0. The standard InChI is InChI=1S/C14H24N2O3/c17-13(16-8-2-1-3-9-16)6-10-15-7-4-5-12(11-15)14(18)19/h12H,1-11H2,(H,18,19). The minimum absolute atomic E-state index is 0.233. The summed E-state index contributed by atoms with van der Waals surface area (Å²) in [6.07, 6.45) is 5.70. The minimum atomic E-state index is -0.702. The molecule has 1 amide bonds. The molecule has 0 bridgehead atoms. The van der Waals surface area contributed by atoms with E-state index in [9.17, 15) is 9.59 Å². The van der Waals surface area contributed by atoms with Gasteiger partial charge in [0.15, 0.2) is 0 Å². The van der Waals surface area contributed by atoms with E-state index in [1.54, 1.807) is 0 Å². The quantitative estimate of drug-likeness (QED) is 0.832. The molecule has 0 aromatic carbocycles. The maximum absolute atomic E-state index is 12.0. The Labute approximate surface area is 114 Å². The van der Waals surface area contributed by atoms with Gasteiger partial charge in [0.2, 0.25) is 5.91 Å². The monoisotopic (exact) mass is 268 g/mol. The Morgan fingerprint density at radius 2 is 1.79 bits per heavy atom. The summed E-state index contributed by atoms with van der Waals surface area (Å²) in [6.45, 7) is 4.03. The molecule has 2 saturated heterocycles. The van der Waals surface area contributed by atoms with Gasteiger partial charge in [0.25, 0.3) is 0 Å². The fourth-order valence-electron chi connectivity index (χ4n) is 3.02. The molecule has 5 nitrogen and oxygen atoms in total. The first-order valence-corrected chi connectivity index (χ1v) is 7.40. The van der Waals surface area contributed by atoms with Crippen LogP contribution in [0.3, 0.4) is 0 Å². The largest absolute Gasteiger partial charge is 0.481 e. The van der Waals surface area contributed by atoms with Crippen LogP contribution in [-0.4, -0.2) is 59.5 Å². The van der Waals surface area contributed by atoms with Crippen LogP contribution in [0.4, 0.5) is 0 Å². The van der Waals surface area contributed by atoms with Crippen molar-refractivity contribution in [3.63, 3.8) is 0 Å². The van der Waals surface area contributed by atoms with Gasteiger partial charge in [-0.05, 0) is 38.6 Å². The van der Waals surface area contributed by atoms with Crippen molar-refractivity contribution in [2.45, 2.75) is 38.5 Å². The number of carboxylic acids is 1. The van der Waals surface area contributed by atoms with Gasteiger partial charge in [-0.3, -0.25) is 9.59 Å². The Balaban J connectivity index is 1.72. The summed E-state index contributed by atoms with van der Waals surface area (Å²) in [5.41, 5.74) is 0. The van der Waals surface area contributed by atoms with Crippen LogP contribution in [0.25, 0.3) is 0 Å². The highest BCUT2D eigenvalue weighted by atomic mass is 16.4. The zero-order valence-electron chi connectivity index (χ0n) is 11.5. The van der Waals surface area contributed by atoms with Crippen LogP contribution in [0.5, 0.6) is 0 Å². The second kappa shape index (κ2) is 6.89. The van der Waals surface area contributed by atoms with Crippen molar-refractivity contribution in [3.05, 3.63) is 0 Å². The topological polar surface area (TPSA) is 60.9 Å². The maximum atomic E-state index is 12.0. The van der Waals surface area contributed by atoms with Gasteiger partial charge in [-0.25, -0.2) is 0 Å². The predicted octanol–water partition coefficient (Wildman–Crippen LogP) is 1.19. The van der Waals surface area contributed by atoms with Gasteiger partial charge in [-0.15, -0.1) is 0 Å². The van der Waals surface area contributed by atoms with E-state index in [4.69, 9.17) is 5.11 Å². The molecule has 0 saturated carbocycles. The number of carboxylic acid groups (broad SMARTS) is 1. The van der Waals surface area contributed by atoms with Crippen molar-refractivity contribution < 1.29 is 14.7 Å². The smallest absolute Gasteiger partial charge is 0.307 e. The first kappa shape index (κ1) is 14.3. The first-order chi connectivity index (χ1) is 9.16. The van der Waals surface area contributed by atoms with Gasteiger partial charge in [0, 0.05) is 32.6 Å². The van der Waals surface area contributed by atoms with Crippen molar-refractivity contribution >= 4 is 11.9 Å². The number of nitrogens with zero attached hydrogens (tertiary/aromatic N) is 2. The molecule has 19 heavy (non-hydrogen) atoms. The molecule has 5 heteroatoms. The van der Waals surface area contributed by atoms with Gasteiger partial charge >= 0.3 is 5.97 Å². The summed E-state index contributed by atoms with van der Waals surface area (Å²) in [5, 5.41) is 9.04. The van der Waals surface area contributed by atoms with Crippen molar-refractivity contribution in [2.24, 2.45) is 5.92 Å². The van der Waals surface area contributed by atoms with E-state index in [1.165, 1.54) is 6.42 Å². The average molecular weight is 268 g/mol. The number of piperidine rings is 2. The van der Waals surface area contributed by atoms with E-state index in [0.29, 0.717) is 19.5 Å². The molecule has 2 heterocycles. The Kier molecular flexibility index (Phi) is 5.19. The summed E-state index contributed by atoms with van der Waals surface area (Å²) in [4.78, 5) is 27.1. The lowest BCUT2D eigenvalue weighted by atomic mass is 9.98. The Morgan fingerprint density at radius 3 is 2.47 bits per heavy atom. The molecule has 0 radical (unpaired) electrons. The molecule has 2 fully saturated rings. The zero-order chi connectivity index (χ0) is 13.7. The van der Waals surface area contributed by atoms with Crippen LogP contribution in [-0.2, 0) is 9.59 Å². The number of likely N-dealkylation sites (tertiary alicyclic amines) is 2. The number of rotatable bonds is 4. The number of carbonyl (C=O) groups is 2. The lowest BCUT2D eigenvalue weighted by Gasteiger charge is -2.32. The van der Waals surface area contributed by atoms with E-state index < -0.39 is 5.97 Å². The highest BCUT2D eigenvalue weighted by molar-refractivity contribution is 5.76. The average Bonchev–Trinajstić information content (AvgIpc) is 2.46. The Hall–Kier alpha value is -1.10. The van der Waals surface area contributed by atoms with Gasteiger partial charge in [-0.1, -0.05) is 0 Å². The highest BCUT2D eigenvalue weighted by Gasteiger charge is 2.26. The molecule has 0 spiro atoms. The predicted molar refractivity (Wildman–Crippen MR) is 71.8 cm³/mol. The number of hydrogen-bond acceptors (Lipinski definition) is 3. The third-order valence-corrected chi connectivity index (χ3v) is 4.21. The van der Waals surface area contributed by atoms with E-state index in [-0.39, 0.29) is 11.8 Å². The molecule has 2 rings (SSSR count). The normalized spacial score (nSPS) is 25.3. The molecular formula is C14H24N2O3. The summed E-state index contributed by atoms with van der Waals surface area (Å²) in [7, 11) is 0. The van der Waals surface area contributed by atoms with Crippen LogP contribution in [0.15, 0.2) is 0 Å². The highest BCUT2D eigenvalue weighted by Crippen LogP contribution is 2.17. The van der Waals surface area contributed by atoms with Crippen molar-refractivity contribution in [1.29, 1.82) is 0 Å². The maximum Gasteiger partial charge on any atom is 0.307 e. The molecule has 1 atom stereocenters. The molecule has 0 aromatic rings. The molecule has 2 aliphatic rings. The lowest BCUT2D eigenvalue weighted by Crippen LogP contribution is -2.42. The fourth-order valence-corrected chi connectivity index (χ4v) is 3.02. The summed E-state index contributed by atoms with van der Waals surface area (Å²) in [6, 6.07) is 0. The van der Waals surface area contributed by atoms with E-state index >= 15 is 0 Å². The molecule has 1 N–H and O–H groups in total. The van der Waals surface area contributed by atoms with Crippen LogP contribution < -0.4 is 0 Å². The lowest BCUT2D eigenvalue weighted by molar-refractivity contribution is -0.143. The molecule has 0 aliphatic carbocycles. The van der Waals surface area contributed by atoms with E-state index in [2.05, 4.69) is 4.90 Å². The molecule has 0 aromatic heterocycles. The molecule has 2 aliphatic heterocycles. The second-order valence-corrected chi connectivity index (χ2v) is 5.67. The van der Waals surface area contributed by atoms with Gasteiger partial charge < -0.3 is 14.9 Å². The van der Waals surface area contributed by atoms with E-state index in [0.717, 1.165) is 45.3 Å². The van der Waals surface area contributed by atoms with Crippen molar-refractivity contribution in [1.82, 2.24) is 9.80 Å². The molecule has 1 unspecified atom stereocenters. The fraction of sp³-hybridized carbons (Fsp3) is 0.857. The van der Waals surface area contributed by atoms with Crippen molar-refractivity contribution in [2.75, 3.05) is 32.7 Å². The molecule has 108 valence electrons. The van der Waals surface area contributed by atoms with Crippen LogP contribution in [0, 0.1) is 5.92 Å². The number of hydrogen-bond donors (Lipinski definition) is 1. The zero-order valence-corrected chi connectivity index (χ0v) is 11.5. The first-order valence-electron chi connectivity index (χ1n) is 7.40. The van der Waals surface area contributed by atoms with Crippen molar-refractivity contribution in [3.8, 4) is 0 Å². The third-order valence-electron chi connectivity index (χ3n) is 4.21. The minimum Gasteiger partial charge on any atom is -0.481 e. The van der Waals surface area contributed by atoms with E-state index in [1.807, 2.05) is 4.90 Å².